The average Bonchev–Trinajstić information content (AvgIpc) is 2.36. The van der Waals surface area contributed by atoms with Crippen molar-refractivity contribution in [3.63, 3.8) is 0 Å². The van der Waals surface area contributed by atoms with Crippen LogP contribution in [0.25, 0.3) is 0 Å². The predicted octanol–water partition coefficient (Wildman–Crippen LogP) is 3.93. The van der Waals surface area contributed by atoms with Gasteiger partial charge in [0.1, 0.15) is 5.78 Å². The van der Waals surface area contributed by atoms with Crippen LogP contribution in [-0.4, -0.2) is 12.3 Å². The first-order chi connectivity index (χ1) is 8.48. The van der Waals surface area contributed by atoms with Crippen molar-refractivity contribution in [2.75, 3.05) is 6.54 Å². The van der Waals surface area contributed by atoms with E-state index in [0.717, 1.165) is 44.6 Å². The van der Waals surface area contributed by atoms with Crippen molar-refractivity contribution in [2.24, 2.45) is 23.0 Å². The van der Waals surface area contributed by atoms with Gasteiger partial charge < -0.3 is 5.73 Å². The molecule has 0 aromatic carbocycles. The molecule has 0 unspecified atom stereocenters. The van der Waals surface area contributed by atoms with E-state index in [9.17, 15) is 4.79 Å². The van der Waals surface area contributed by atoms with E-state index < -0.39 is 0 Å². The molecule has 2 nitrogen and oxygen atoms in total. The van der Waals surface area contributed by atoms with E-state index in [1.807, 2.05) is 0 Å². The number of Topliss-reactive ketones (excluding diaryl/α,β-unsaturated/α-hetero) is 1. The summed E-state index contributed by atoms with van der Waals surface area (Å²) in [5.74, 6) is 1.75. The van der Waals surface area contributed by atoms with Gasteiger partial charge in [-0.1, -0.05) is 27.2 Å². The Balaban J connectivity index is 2.29. The fourth-order valence-corrected chi connectivity index (χ4v) is 3.07. The van der Waals surface area contributed by atoms with E-state index >= 15 is 0 Å². The Morgan fingerprint density at radius 1 is 1.17 bits per heavy atom. The highest BCUT2D eigenvalue weighted by atomic mass is 16.1. The predicted molar refractivity (Wildman–Crippen MR) is 77.4 cm³/mol. The fraction of sp³-hybridized carbons (Fsp3) is 0.938. The lowest BCUT2D eigenvalue weighted by atomic mass is 9.76. The third-order valence-corrected chi connectivity index (χ3v) is 4.75. The van der Waals surface area contributed by atoms with Gasteiger partial charge in [-0.25, -0.2) is 0 Å². The number of hydrogen-bond acceptors (Lipinski definition) is 2. The molecule has 18 heavy (non-hydrogen) atoms. The van der Waals surface area contributed by atoms with Gasteiger partial charge in [-0.05, 0) is 56.4 Å². The Labute approximate surface area is 113 Å². The van der Waals surface area contributed by atoms with Crippen LogP contribution >= 0.6 is 0 Å². The molecule has 0 amide bonds. The molecule has 1 fully saturated rings. The summed E-state index contributed by atoms with van der Waals surface area (Å²) in [6, 6.07) is 0. The molecule has 0 spiro atoms. The standard InChI is InChI=1S/C16H31NO/c1-4-13-5-7-14(8-6-13)15(18)9-10-16(2,3)11-12-17/h13-14H,4-12,17H2,1-3H3. The minimum atomic E-state index is 0.227. The number of hydrogen-bond donors (Lipinski definition) is 1. The van der Waals surface area contributed by atoms with Crippen molar-refractivity contribution in [1.29, 1.82) is 0 Å². The summed E-state index contributed by atoms with van der Waals surface area (Å²) in [4.78, 5) is 12.2. The van der Waals surface area contributed by atoms with Gasteiger partial charge in [-0.15, -0.1) is 0 Å². The van der Waals surface area contributed by atoms with Gasteiger partial charge >= 0.3 is 0 Å². The molecule has 0 aromatic rings. The van der Waals surface area contributed by atoms with Crippen LogP contribution in [-0.2, 0) is 4.79 Å². The largest absolute Gasteiger partial charge is 0.330 e. The molecule has 2 N–H and O–H groups in total. The van der Waals surface area contributed by atoms with Crippen LogP contribution in [0.15, 0.2) is 0 Å². The van der Waals surface area contributed by atoms with Gasteiger partial charge in [0.2, 0.25) is 0 Å². The van der Waals surface area contributed by atoms with Gasteiger partial charge in [0.15, 0.2) is 0 Å². The molecule has 0 saturated heterocycles. The quantitative estimate of drug-likeness (QED) is 0.747. The number of nitrogens with two attached hydrogens (primary N) is 1. The van der Waals surface area contributed by atoms with Crippen LogP contribution in [0.5, 0.6) is 0 Å². The second kappa shape index (κ2) is 7.28. The number of ketones is 1. The second-order valence-electron chi connectivity index (χ2n) is 6.80. The topological polar surface area (TPSA) is 43.1 Å². The molecule has 1 saturated carbocycles. The summed E-state index contributed by atoms with van der Waals surface area (Å²) in [5.41, 5.74) is 5.84. The summed E-state index contributed by atoms with van der Waals surface area (Å²) in [6.45, 7) is 7.44. The van der Waals surface area contributed by atoms with E-state index in [4.69, 9.17) is 5.73 Å². The smallest absolute Gasteiger partial charge is 0.135 e. The molecule has 1 rings (SSSR count). The van der Waals surface area contributed by atoms with Crippen molar-refractivity contribution in [2.45, 2.75) is 72.1 Å². The van der Waals surface area contributed by atoms with Gasteiger partial charge in [0, 0.05) is 12.3 Å². The lowest BCUT2D eigenvalue weighted by Crippen LogP contribution is -2.24. The molecule has 0 aromatic heterocycles. The highest BCUT2D eigenvalue weighted by Gasteiger charge is 2.26. The van der Waals surface area contributed by atoms with Crippen LogP contribution in [0.4, 0.5) is 0 Å². The van der Waals surface area contributed by atoms with Gasteiger partial charge in [-0.3, -0.25) is 4.79 Å². The molecule has 0 radical (unpaired) electrons. The molecule has 106 valence electrons. The average molecular weight is 253 g/mol. The van der Waals surface area contributed by atoms with Crippen LogP contribution in [0, 0.1) is 17.3 Å². The third-order valence-electron chi connectivity index (χ3n) is 4.75. The van der Waals surface area contributed by atoms with Crippen molar-refractivity contribution in [3.05, 3.63) is 0 Å². The summed E-state index contributed by atoms with van der Waals surface area (Å²) in [7, 11) is 0. The van der Waals surface area contributed by atoms with Crippen LogP contribution < -0.4 is 5.73 Å². The summed E-state index contributed by atoms with van der Waals surface area (Å²) in [5, 5.41) is 0. The maximum atomic E-state index is 12.2. The molecule has 2 heteroatoms. The molecule has 0 bridgehead atoms. The summed E-state index contributed by atoms with van der Waals surface area (Å²) >= 11 is 0. The number of carbonyl (C=O) groups excluding carboxylic acids is 1. The molecule has 1 aliphatic rings. The third kappa shape index (κ3) is 5.09. The maximum Gasteiger partial charge on any atom is 0.135 e. The fourth-order valence-electron chi connectivity index (χ4n) is 3.07. The minimum Gasteiger partial charge on any atom is -0.330 e. The molecule has 0 aliphatic heterocycles. The van der Waals surface area contributed by atoms with Gasteiger partial charge in [-0.2, -0.15) is 0 Å². The van der Waals surface area contributed by atoms with Crippen molar-refractivity contribution >= 4 is 5.78 Å². The Morgan fingerprint density at radius 2 is 1.78 bits per heavy atom. The van der Waals surface area contributed by atoms with Crippen molar-refractivity contribution in [3.8, 4) is 0 Å². The monoisotopic (exact) mass is 253 g/mol. The van der Waals surface area contributed by atoms with E-state index in [1.54, 1.807) is 0 Å². The highest BCUT2D eigenvalue weighted by Crippen LogP contribution is 2.33. The zero-order valence-electron chi connectivity index (χ0n) is 12.5. The minimum absolute atomic E-state index is 0.227. The zero-order valence-corrected chi connectivity index (χ0v) is 12.5. The Hall–Kier alpha value is -0.370. The van der Waals surface area contributed by atoms with Crippen LogP contribution in [0.3, 0.4) is 0 Å². The first-order valence-electron chi connectivity index (χ1n) is 7.71. The summed E-state index contributed by atoms with van der Waals surface area (Å²) in [6.07, 6.45) is 8.85. The lowest BCUT2D eigenvalue weighted by Gasteiger charge is -2.28. The second-order valence-corrected chi connectivity index (χ2v) is 6.80. The molecule has 0 heterocycles. The lowest BCUT2D eigenvalue weighted by molar-refractivity contribution is -0.124. The van der Waals surface area contributed by atoms with E-state index in [1.165, 1.54) is 19.3 Å². The summed E-state index contributed by atoms with van der Waals surface area (Å²) < 4.78 is 0. The molecular weight excluding hydrogens is 222 g/mol. The maximum absolute atomic E-state index is 12.2. The van der Waals surface area contributed by atoms with E-state index in [-0.39, 0.29) is 5.41 Å². The van der Waals surface area contributed by atoms with Gasteiger partial charge in [0.05, 0.1) is 0 Å². The normalized spacial score (nSPS) is 25.1. The van der Waals surface area contributed by atoms with E-state index in [0.29, 0.717) is 11.7 Å². The molecule has 0 atom stereocenters. The first kappa shape index (κ1) is 15.7. The molecular formula is C16H31NO. The van der Waals surface area contributed by atoms with Crippen molar-refractivity contribution in [1.82, 2.24) is 0 Å². The molecule has 1 aliphatic carbocycles. The highest BCUT2D eigenvalue weighted by molar-refractivity contribution is 5.81. The first-order valence-corrected chi connectivity index (χ1v) is 7.71. The Kier molecular flexibility index (Phi) is 6.34. The van der Waals surface area contributed by atoms with E-state index in [2.05, 4.69) is 20.8 Å². The number of rotatable bonds is 7. The van der Waals surface area contributed by atoms with Crippen LogP contribution in [0.2, 0.25) is 0 Å². The Morgan fingerprint density at radius 3 is 2.28 bits per heavy atom. The number of carbonyl (C=O) groups is 1. The van der Waals surface area contributed by atoms with Crippen LogP contribution in [0.1, 0.15) is 72.1 Å². The van der Waals surface area contributed by atoms with Gasteiger partial charge in [0.25, 0.3) is 0 Å². The SMILES string of the molecule is CCC1CCC(C(=O)CCC(C)(C)CCN)CC1. The van der Waals surface area contributed by atoms with Crippen molar-refractivity contribution < 1.29 is 4.79 Å². The zero-order chi connectivity index (χ0) is 13.6. The Bertz CT molecular complexity index is 252.